The highest BCUT2D eigenvalue weighted by Crippen LogP contribution is 2.29. The molecule has 0 spiro atoms. The zero-order valence-corrected chi connectivity index (χ0v) is 11.2. The van der Waals surface area contributed by atoms with E-state index in [1.807, 2.05) is 0 Å². The fourth-order valence-electron chi connectivity index (χ4n) is 2.35. The summed E-state index contributed by atoms with van der Waals surface area (Å²) in [6, 6.07) is 4.57. The first-order valence-corrected chi connectivity index (χ1v) is 7.40. The highest BCUT2D eigenvalue weighted by Gasteiger charge is 2.35. The van der Waals surface area contributed by atoms with Crippen LogP contribution in [0.15, 0.2) is 23.1 Å². The molecule has 1 heterocycles. The van der Waals surface area contributed by atoms with E-state index < -0.39 is 10.0 Å². The molecule has 1 aliphatic rings. The van der Waals surface area contributed by atoms with E-state index >= 15 is 0 Å². The fraction of sp³-hybridized carbons (Fsp3) is 0.500. The van der Waals surface area contributed by atoms with E-state index in [-0.39, 0.29) is 17.5 Å². The van der Waals surface area contributed by atoms with Gasteiger partial charge in [-0.15, -0.1) is 0 Å². The quantitative estimate of drug-likeness (QED) is 0.793. The lowest BCUT2D eigenvalue weighted by Gasteiger charge is -2.23. The van der Waals surface area contributed by atoms with Gasteiger partial charge in [-0.1, -0.05) is 6.07 Å². The van der Waals surface area contributed by atoms with Gasteiger partial charge >= 0.3 is 0 Å². The second-order valence-electron chi connectivity index (χ2n) is 4.56. The van der Waals surface area contributed by atoms with Crippen molar-refractivity contribution in [3.05, 3.63) is 23.8 Å². The Labute approximate surface area is 107 Å². The van der Waals surface area contributed by atoms with Gasteiger partial charge in [-0.2, -0.15) is 4.31 Å². The number of rotatable bonds is 3. The summed E-state index contributed by atoms with van der Waals surface area (Å²) >= 11 is 0. The molecule has 0 amide bonds. The van der Waals surface area contributed by atoms with E-state index in [9.17, 15) is 13.5 Å². The van der Waals surface area contributed by atoms with E-state index in [2.05, 4.69) is 0 Å². The summed E-state index contributed by atoms with van der Waals surface area (Å²) in [5.41, 5.74) is 6.79. The standard InChI is InChI=1S/C12H18N2O3S/c1-9-11(13)5-2-6-12(9)18(16,17)14-7-3-4-10(14)8-15/h2,5-6,10,15H,3-4,7-8,13H2,1H3/t10-/m1/s1. The minimum absolute atomic E-state index is 0.138. The summed E-state index contributed by atoms with van der Waals surface area (Å²) in [7, 11) is -3.56. The van der Waals surface area contributed by atoms with E-state index in [0.717, 1.165) is 6.42 Å². The third kappa shape index (κ3) is 2.11. The van der Waals surface area contributed by atoms with Gasteiger partial charge in [0.15, 0.2) is 0 Å². The Morgan fingerprint density at radius 3 is 2.89 bits per heavy atom. The topological polar surface area (TPSA) is 83.6 Å². The predicted octanol–water partition coefficient (Wildman–Crippen LogP) is 0.723. The van der Waals surface area contributed by atoms with E-state index in [4.69, 9.17) is 5.73 Å². The summed E-state index contributed by atoms with van der Waals surface area (Å²) in [5.74, 6) is 0. The van der Waals surface area contributed by atoms with Crippen LogP contribution < -0.4 is 5.73 Å². The predicted molar refractivity (Wildman–Crippen MR) is 69.6 cm³/mol. The van der Waals surface area contributed by atoms with Crippen molar-refractivity contribution < 1.29 is 13.5 Å². The van der Waals surface area contributed by atoms with Gasteiger partial charge < -0.3 is 10.8 Å². The molecule has 1 saturated heterocycles. The zero-order chi connectivity index (χ0) is 13.3. The molecule has 0 bridgehead atoms. The van der Waals surface area contributed by atoms with Crippen molar-refractivity contribution in [3.8, 4) is 0 Å². The van der Waals surface area contributed by atoms with Gasteiger partial charge in [-0.05, 0) is 37.5 Å². The van der Waals surface area contributed by atoms with Crippen molar-refractivity contribution in [1.29, 1.82) is 0 Å². The Bertz CT molecular complexity index is 542. The molecule has 0 saturated carbocycles. The molecular formula is C12H18N2O3S. The van der Waals surface area contributed by atoms with Gasteiger partial charge in [-0.25, -0.2) is 8.42 Å². The largest absolute Gasteiger partial charge is 0.398 e. The Hall–Kier alpha value is -1.11. The molecule has 1 fully saturated rings. The molecule has 1 aromatic carbocycles. The molecule has 1 aliphatic heterocycles. The van der Waals surface area contributed by atoms with Crippen LogP contribution in [0, 0.1) is 6.92 Å². The second-order valence-corrected chi connectivity index (χ2v) is 6.42. The van der Waals surface area contributed by atoms with Crippen LogP contribution >= 0.6 is 0 Å². The number of nitrogens with zero attached hydrogens (tertiary/aromatic N) is 1. The van der Waals surface area contributed by atoms with Gasteiger partial charge in [0.1, 0.15) is 0 Å². The third-order valence-corrected chi connectivity index (χ3v) is 5.54. The van der Waals surface area contributed by atoms with E-state index in [1.54, 1.807) is 25.1 Å². The summed E-state index contributed by atoms with van der Waals surface area (Å²) in [4.78, 5) is 0.239. The zero-order valence-electron chi connectivity index (χ0n) is 10.3. The average Bonchev–Trinajstić information content (AvgIpc) is 2.81. The molecule has 3 N–H and O–H groups in total. The number of sulfonamides is 1. The molecule has 0 unspecified atom stereocenters. The van der Waals surface area contributed by atoms with Gasteiger partial charge in [0, 0.05) is 18.3 Å². The fourth-order valence-corrected chi connectivity index (χ4v) is 4.29. The molecule has 0 radical (unpaired) electrons. The van der Waals surface area contributed by atoms with Crippen molar-refractivity contribution in [2.24, 2.45) is 0 Å². The molecule has 1 atom stereocenters. The Kier molecular flexibility index (Phi) is 3.61. The van der Waals surface area contributed by atoms with Crippen LogP contribution in [0.2, 0.25) is 0 Å². The molecule has 0 aromatic heterocycles. The van der Waals surface area contributed by atoms with Crippen LogP contribution in [0.25, 0.3) is 0 Å². The number of nitrogens with two attached hydrogens (primary N) is 1. The average molecular weight is 270 g/mol. The van der Waals surface area contributed by atoms with E-state index in [0.29, 0.717) is 24.2 Å². The van der Waals surface area contributed by atoms with Crippen molar-refractivity contribution in [2.45, 2.75) is 30.7 Å². The van der Waals surface area contributed by atoms with Crippen LogP contribution in [0.4, 0.5) is 5.69 Å². The molecule has 5 nitrogen and oxygen atoms in total. The molecule has 6 heteroatoms. The minimum atomic E-state index is -3.56. The lowest BCUT2D eigenvalue weighted by atomic mass is 10.2. The summed E-state index contributed by atoms with van der Waals surface area (Å²) in [6.45, 7) is 2.02. The number of hydrogen-bond acceptors (Lipinski definition) is 4. The molecule has 2 rings (SSSR count). The van der Waals surface area contributed by atoms with Crippen LogP contribution in [0.5, 0.6) is 0 Å². The normalized spacial score (nSPS) is 21.3. The van der Waals surface area contributed by atoms with Gasteiger partial charge in [0.2, 0.25) is 10.0 Å². The molecule has 1 aromatic rings. The summed E-state index contributed by atoms with van der Waals surface area (Å²) in [6.07, 6.45) is 1.49. The maximum absolute atomic E-state index is 12.5. The number of aliphatic hydroxyl groups is 1. The number of aliphatic hydroxyl groups excluding tert-OH is 1. The highest BCUT2D eigenvalue weighted by molar-refractivity contribution is 7.89. The molecule has 100 valence electrons. The monoisotopic (exact) mass is 270 g/mol. The molecular weight excluding hydrogens is 252 g/mol. The Morgan fingerprint density at radius 1 is 1.50 bits per heavy atom. The number of nitrogen functional groups attached to an aromatic ring is 1. The van der Waals surface area contributed by atoms with Crippen molar-refractivity contribution in [3.63, 3.8) is 0 Å². The maximum Gasteiger partial charge on any atom is 0.243 e. The van der Waals surface area contributed by atoms with Crippen molar-refractivity contribution in [2.75, 3.05) is 18.9 Å². The number of hydrogen-bond donors (Lipinski definition) is 2. The first-order valence-electron chi connectivity index (χ1n) is 5.96. The van der Waals surface area contributed by atoms with Crippen molar-refractivity contribution >= 4 is 15.7 Å². The van der Waals surface area contributed by atoms with Gasteiger partial charge in [-0.3, -0.25) is 0 Å². The molecule has 0 aliphatic carbocycles. The maximum atomic E-state index is 12.5. The highest BCUT2D eigenvalue weighted by atomic mass is 32.2. The first kappa shape index (κ1) is 13.3. The summed E-state index contributed by atoms with van der Waals surface area (Å²) in [5, 5.41) is 9.24. The second kappa shape index (κ2) is 4.87. The van der Waals surface area contributed by atoms with Crippen LogP contribution in [0.3, 0.4) is 0 Å². The summed E-state index contributed by atoms with van der Waals surface area (Å²) < 4.78 is 26.5. The van der Waals surface area contributed by atoms with Crippen molar-refractivity contribution in [1.82, 2.24) is 4.31 Å². The van der Waals surface area contributed by atoms with Crippen LogP contribution in [-0.2, 0) is 10.0 Å². The lowest BCUT2D eigenvalue weighted by molar-refractivity contribution is 0.213. The van der Waals surface area contributed by atoms with Gasteiger partial charge in [0.25, 0.3) is 0 Å². The van der Waals surface area contributed by atoms with E-state index in [1.165, 1.54) is 4.31 Å². The van der Waals surface area contributed by atoms with Gasteiger partial charge in [0.05, 0.1) is 11.5 Å². The van der Waals surface area contributed by atoms with Crippen LogP contribution in [0.1, 0.15) is 18.4 Å². The first-order chi connectivity index (χ1) is 8.48. The smallest absolute Gasteiger partial charge is 0.243 e. The minimum Gasteiger partial charge on any atom is -0.398 e. The molecule has 18 heavy (non-hydrogen) atoms. The van der Waals surface area contributed by atoms with Crippen LogP contribution in [-0.4, -0.2) is 37.0 Å². The Morgan fingerprint density at radius 2 is 2.22 bits per heavy atom. The third-order valence-electron chi connectivity index (χ3n) is 3.45. The Balaban J connectivity index is 2.45. The lowest BCUT2D eigenvalue weighted by Crippen LogP contribution is -2.37. The SMILES string of the molecule is Cc1c(N)cccc1S(=O)(=O)N1CCC[C@@H]1CO. The number of anilines is 1. The number of benzene rings is 1.